The molecule has 0 saturated carbocycles. The van der Waals surface area contributed by atoms with Crippen LogP contribution in [-0.2, 0) is 16.0 Å². The Morgan fingerprint density at radius 3 is 2.57 bits per heavy atom. The zero-order chi connectivity index (χ0) is 25.2. The van der Waals surface area contributed by atoms with Crippen molar-refractivity contribution in [1.29, 1.82) is 0 Å². The van der Waals surface area contributed by atoms with Gasteiger partial charge in [-0.1, -0.05) is 19.0 Å². The van der Waals surface area contributed by atoms with E-state index >= 15 is 0 Å². The van der Waals surface area contributed by atoms with E-state index in [1.54, 1.807) is 18.4 Å². The summed E-state index contributed by atoms with van der Waals surface area (Å²) in [7, 11) is 1.62. The molecule has 1 fully saturated rings. The molecule has 0 N–H and O–H groups in total. The van der Waals surface area contributed by atoms with Gasteiger partial charge in [0, 0.05) is 17.0 Å². The van der Waals surface area contributed by atoms with Crippen molar-refractivity contribution in [3.8, 4) is 33.7 Å². The number of benzene rings is 1. The van der Waals surface area contributed by atoms with Crippen molar-refractivity contribution in [2.24, 2.45) is 0 Å². The topological polar surface area (TPSA) is 79.1 Å². The summed E-state index contributed by atoms with van der Waals surface area (Å²) in [5.74, 6) is 1.73. The first-order valence-electron chi connectivity index (χ1n) is 12.0. The lowest BCUT2D eigenvalue weighted by Crippen LogP contribution is -2.25. The summed E-state index contributed by atoms with van der Waals surface area (Å²) in [6, 6.07) is 5.98. The summed E-state index contributed by atoms with van der Waals surface area (Å²) in [6.45, 7) is 16.1. The number of methoxy groups -OCH3 is 1. The number of aromatic nitrogens is 2. The van der Waals surface area contributed by atoms with Gasteiger partial charge in [-0.2, -0.15) is 4.98 Å². The lowest BCUT2D eigenvalue weighted by Gasteiger charge is -2.19. The average molecular weight is 502 g/mol. The summed E-state index contributed by atoms with van der Waals surface area (Å²) < 4.78 is 28.8. The molecule has 0 aliphatic carbocycles. The molecule has 1 aliphatic heterocycles. The van der Waals surface area contributed by atoms with Crippen LogP contribution in [0.4, 0.5) is 0 Å². The number of hydrogen-bond acceptors (Lipinski definition) is 9. The van der Waals surface area contributed by atoms with Gasteiger partial charge < -0.3 is 23.5 Å². The van der Waals surface area contributed by atoms with E-state index in [1.807, 2.05) is 32.9 Å². The normalized spacial score (nSPS) is 17.3. The van der Waals surface area contributed by atoms with E-state index in [9.17, 15) is 0 Å². The van der Waals surface area contributed by atoms with Gasteiger partial charge in [0.1, 0.15) is 12.7 Å². The Bertz CT molecular complexity index is 1150. The highest BCUT2D eigenvalue weighted by Crippen LogP contribution is 2.37. The molecule has 0 amide bonds. The molecule has 2 aromatic heterocycles. The van der Waals surface area contributed by atoms with Gasteiger partial charge in [-0.05, 0) is 70.1 Å². The Kier molecular flexibility index (Phi) is 7.80. The number of nitrogens with zero attached hydrogens (tertiary/aromatic N) is 3. The summed E-state index contributed by atoms with van der Waals surface area (Å²) in [6.07, 6.45) is -0.130. The van der Waals surface area contributed by atoms with Crippen molar-refractivity contribution in [3.05, 3.63) is 34.2 Å². The van der Waals surface area contributed by atoms with Gasteiger partial charge in [0.25, 0.3) is 5.89 Å². The van der Waals surface area contributed by atoms with Gasteiger partial charge in [0.15, 0.2) is 17.3 Å². The van der Waals surface area contributed by atoms with Crippen molar-refractivity contribution >= 4 is 11.3 Å². The fraction of sp³-hybridized carbons (Fsp3) is 0.538. The maximum atomic E-state index is 6.07. The van der Waals surface area contributed by atoms with Crippen LogP contribution in [0.3, 0.4) is 0 Å². The predicted molar refractivity (Wildman–Crippen MR) is 136 cm³/mol. The highest BCUT2D eigenvalue weighted by Gasteiger charge is 2.33. The fourth-order valence-corrected chi connectivity index (χ4v) is 5.24. The van der Waals surface area contributed by atoms with E-state index in [1.165, 1.54) is 10.4 Å². The summed E-state index contributed by atoms with van der Waals surface area (Å²) in [5, 5.41) is 4.24. The smallest absolute Gasteiger partial charge is 0.268 e. The minimum absolute atomic E-state index is 0.130. The van der Waals surface area contributed by atoms with Crippen LogP contribution in [0.1, 0.15) is 43.7 Å². The molecule has 0 spiro atoms. The quantitative estimate of drug-likeness (QED) is 0.362. The molecule has 190 valence electrons. The second-order valence-corrected chi connectivity index (χ2v) is 10.3. The SMILES string of the molecule is CCN(CC)Cc1sc(-c2nc(-c3cc(C)c(OC[C@@H]4COC(C)(C)O4)c(OC)c3)no2)cc1C. The number of thiophene rings is 1. The first kappa shape index (κ1) is 25.6. The molecule has 3 heterocycles. The van der Waals surface area contributed by atoms with E-state index in [0.29, 0.717) is 36.4 Å². The molecule has 0 bridgehead atoms. The van der Waals surface area contributed by atoms with Crippen molar-refractivity contribution in [1.82, 2.24) is 15.0 Å². The van der Waals surface area contributed by atoms with Gasteiger partial charge >= 0.3 is 0 Å². The molecule has 1 aliphatic rings. The molecule has 3 aromatic rings. The average Bonchev–Trinajstić information content (AvgIpc) is 3.54. The van der Waals surface area contributed by atoms with E-state index < -0.39 is 5.79 Å². The minimum Gasteiger partial charge on any atom is -0.493 e. The van der Waals surface area contributed by atoms with E-state index in [-0.39, 0.29) is 6.10 Å². The Morgan fingerprint density at radius 2 is 1.91 bits per heavy atom. The van der Waals surface area contributed by atoms with Crippen LogP contribution >= 0.6 is 11.3 Å². The number of hydrogen-bond donors (Lipinski definition) is 0. The second kappa shape index (κ2) is 10.7. The van der Waals surface area contributed by atoms with E-state index in [2.05, 4.69) is 41.9 Å². The van der Waals surface area contributed by atoms with Crippen LogP contribution in [-0.4, -0.2) is 60.3 Å². The summed E-state index contributed by atoms with van der Waals surface area (Å²) in [4.78, 5) is 9.38. The Morgan fingerprint density at radius 1 is 1.14 bits per heavy atom. The van der Waals surface area contributed by atoms with Gasteiger partial charge in [0.2, 0.25) is 5.82 Å². The third kappa shape index (κ3) is 5.86. The zero-order valence-corrected chi connectivity index (χ0v) is 22.5. The highest BCUT2D eigenvalue weighted by atomic mass is 32.1. The lowest BCUT2D eigenvalue weighted by molar-refractivity contribution is -0.141. The van der Waals surface area contributed by atoms with E-state index in [0.717, 1.165) is 35.6 Å². The van der Waals surface area contributed by atoms with Crippen molar-refractivity contribution < 1.29 is 23.5 Å². The number of rotatable bonds is 10. The van der Waals surface area contributed by atoms with Crippen molar-refractivity contribution in [2.45, 2.75) is 60.0 Å². The molecule has 8 nitrogen and oxygen atoms in total. The highest BCUT2D eigenvalue weighted by molar-refractivity contribution is 7.15. The predicted octanol–water partition coefficient (Wildman–Crippen LogP) is 5.46. The third-order valence-corrected chi connectivity index (χ3v) is 7.33. The molecule has 1 saturated heterocycles. The van der Waals surface area contributed by atoms with Crippen molar-refractivity contribution in [2.75, 3.05) is 33.4 Å². The minimum atomic E-state index is -0.583. The molecule has 0 radical (unpaired) electrons. The Hall–Kier alpha value is -2.46. The lowest BCUT2D eigenvalue weighted by atomic mass is 10.1. The molecular formula is C26H35N3O5S. The van der Waals surface area contributed by atoms with Crippen LogP contribution in [0.5, 0.6) is 11.5 Å². The molecular weight excluding hydrogens is 466 g/mol. The van der Waals surface area contributed by atoms with Crippen molar-refractivity contribution in [3.63, 3.8) is 0 Å². The fourth-order valence-electron chi connectivity index (χ4n) is 4.10. The van der Waals surface area contributed by atoms with Gasteiger partial charge in [-0.15, -0.1) is 11.3 Å². The van der Waals surface area contributed by atoms with Crippen LogP contribution in [0.2, 0.25) is 0 Å². The number of aryl methyl sites for hydroxylation is 2. The van der Waals surface area contributed by atoms with E-state index in [4.69, 9.17) is 23.5 Å². The first-order chi connectivity index (χ1) is 16.7. The maximum Gasteiger partial charge on any atom is 0.268 e. The van der Waals surface area contributed by atoms with Crippen LogP contribution in [0.25, 0.3) is 22.2 Å². The first-order valence-corrected chi connectivity index (χ1v) is 12.8. The summed E-state index contributed by atoms with van der Waals surface area (Å²) >= 11 is 1.71. The van der Waals surface area contributed by atoms with Gasteiger partial charge in [-0.25, -0.2) is 0 Å². The molecule has 9 heteroatoms. The Labute approximate surface area is 211 Å². The molecule has 4 rings (SSSR count). The third-order valence-electron chi connectivity index (χ3n) is 6.12. The Balaban J connectivity index is 1.51. The molecule has 1 atom stereocenters. The maximum absolute atomic E-state index is 6.07. The van der Waals surface area contributed by atoms with Crippen LogP contribution in [0.15, 0.2) is 22.7 Å². The van der Waals surface area contributed by atoms with Crippen LogP contribution < -0.4 is 9.47 Å². The largest absolute Gasteiger partial charge is 0.493 e. The second-order valence-electron chi connectivity index (χ2n) is 9.19. The number of ether oxygens (including phenoxy) is 4. The van der Waals surface area contributed by atoms with Gasteiger partial charge in [0.05, 0.1) is 18.6 Å². The molecule has 1 aromatic carbocycles. The standard InChI is InChI=1S/C26H35N3O5S/c1-8-29(9-2)13-22-16(3)11-21(35-22)25-27-24(28-34-25)18-10-17(4)23(20(12-18)30-7)31-14-19-15-32-26(5,6)33-19/h10-12,19H,8-9,13-15H2,1-7H3/t19-/m1/s1. The molecule has 35 heavy (non-hydrogen) atoms. The molecule has 0 unspecified atom stereocenters. The van der Waals surface area contributed by atoms with Gasteiger partial charge in [-0.3, -0.25) is 4.90 Å². The zero-order valence-electron chi connectivity index (χ0n) is 21.6. The monoisotopic (exact) mass is 501 g/mol. The van der Waals surface area contributed by atoms with Crippen LogP contribution in [0, 0.1) is 13.8 Å². The summed E-state index contributed by atoms with van der Waals surface area (Å²) in [5.41, 5.74) is 2.97.